The van der Waals surface area contributed by atoms with Crippen LogP contribution in [0.25, 0.3) is 0 Å². The Hall–Kier alpha value is -4.08. The van der Waals surface area contributed by atoms with Gasteiger partial charge in [-0.3, -0.25) is 9.59 Å². The van der Waals surface area contributed by atoms with Crippen LogP contribution in [0, 0.1) is 5.41 Å². The third-order valence-electron chi connectivity index (χ3n) is 9.63. The van der Waals surface area contributed by atoms with Crippen molar-refractivity contribution in [2.75, 3.05) is 51.4 Å². The van der Waals surface area contributed by atoms with Gasteiger partial charge in [-0.25, -0.2) is 0 Å². The molecular formula is C46H58Cl2N2O6. The van der Waals surface area contributed by atoms with Crippen molar-refractivity contribution in [3.8, 4) is 11.5 Å². The highest BCUT2D eigenvalue weighted by Crippen LogP contribution is 2.45. The Morgan fingerprint density at radius 1 is 0.839 bits per heavy atom. The summed E-state index contributed by atoms with van der Waals surface area (Å²) in [4.78, 5) is 31.3. The minimum atomic E-state index is -1.10. The second-order valence-corrected chi connectivity index (χ2v) is 15.7. The van der Waals surface area contributed by atoms with Crippen LogP contribution in [-0.4, -0.2) is 69.4 Å². The largest absolute Gasteiger partial charge is 0.492 e. The quantitative estimate of drug-likeness (QED) is 0.0690. The van der Waals surface area contributed by atoms with Crippen LogP contribution in [0.1, 0.15) is 81.7 Å². The van der Waals surface area contributed by atoms with E-state index in [4.69, 9.17) is 30.5 Å². The number of ether oxygens (including phenoxy) is 4. The predicted octanol–water partition coefficient (Wildman–Crippen LogP) is 9.93. The summed E-state index contributed by atoms with van der Waals surface area (Å²) in [5.74, 6) is 0.276. The summed E-state index contributed by atoms with van der Waals surface area (Å²) in [5, 5.41) is 0.503. The zero-order valence-corrected chi connectivity index (χ0v) is 35.1. The van der Waals surface area contributed by atoms with Crippen molar-refractivity contribution in [1.82, 2.24) is 4.90 Å². The zero-order valence-electron chi connectivity index (χ0n) is 33.5. The molecule has 2 atom stereocenters. The van der Waals surface area contributed by atoms with Gasteiger partial charge in [0.25, 0.3) is 5.91 Å². The van der Waals surface area contributed by atoms with Gasteiger partial charge in [-0.05, 0) is 92.9 Å². The lowest BCUT2D eigenvalue weighted by molar-refractivity contribution is -0.151. The van der Waals surface area contributed by atoms with E-state index in [9.17, 15) is 9.59 Å². The number of halogens is 2. The summed E-state index contributed by atoms with van der Waals surface area (Å²) in [6.45, 7) is 12.0. The monoisotopic (exact) mass is 804 g/mol. The molecule has 1 aliphatic heterocycles. The molecule has 56 heavy (non-hydrogen) atoms. The van der Waals surface area contributed by atoms with E-state index in [1.165, 1.54) is 11.1 Å². The van der Waals surface area contributed by atoms with Crippen molar-refractivity contribution in [3.05, 3.63) is 124 Å². The van der Waals surface area contributed by atoms with E-state index in [0.717, 1.165) is 51.7 Å². The average molecular weight is 806 g/mol. The Morgan fingerprint density at radius 2 is 1.46 bits per heavy atom. The maximum Gasteiger partial charge on any atom is 0.308 e. The lowest BCUT2D eigenvalue weighted by Crippen LogP contribution is -2.44. The van der Waals surface area contributed by atoms with Crippen LogP contribution in [0.4, 0.5) is 5.69 Å². The van der Waals surface area contributed by atoms with Crippen LogP contribution in [0.5, 0.6) is 11.5 Å². The van der Waals surface area contributed by atoms with E-state index < -0.39 is 18.2 Å². The van der Waals surface area contributed by atoms with Crippen LogP contribution >= 0.6 is 24.0 Å². The molecule has 0 spiro atoms. The van der Waals surface area contributed by atoms with Crippen LogP contribution < -0.4 is 14.4 Å². The standard InChI is InChI=1S/C46H57ClN2O6.ClH/c1-6-53-42(50)32-41-45(51)49(33-46(2,3)4)39-26-25-36(47)31-38(39)43(55-41)37-23-13-24-40(44(37)52-5)54-30-16-29-48(27-14-21-34-17-9-7-10-18-34)28-15-22-35-19-11-8-12-20-35;/h7-13,17-20,23-26,31,41,43H,6,14-16,21-22,27-30,32-33H2,1-5H3;1H/t41-,43-;/m1./s1. The fourth-order valence-electron chi connectivity index (χ4n) is 7.13. The molecule has 0 radical (unpaired) electrons. The van der Waals surface area contributed by atoms with Crippen LogP contribution in [0.3, 0.4) is 0 Å². The van der Waals surface area contributed by atoms with E-state index in [2.05, 4.69) is 86.3 Å². The lowest BCUT2D eigenvalue weighted by atomic mass is 9.94. The number of carbonyl (C=O) groups is 2. The molecule has 0 bridgehead atoms. The summed E-state index contributed by atoms with van der Waals surface area (Å²) < 4.78 is 24.4. The van der Waals surface area contributed by atoms with Gasteiger partial charge in [0.15, 0.2) is 11.5 Å². The number of hydrogen-bond donors (Lipinski definition) is 0. The highest BCUT2D eigenvalue weighted by atomic mass is 35.5. The number of esters is 1. The molecule has 10 heteroatoms. The Kier molecular flexibility index (Phi) is 17.5. The fourth-order valence-corrected chi connectivity index (χ4v) is 7.32. The molecule has 0 aromatic heterocycles. The smallest absolute Gasteiger partial charge is 0.308 e. The number of amides is 1. The number of carbonyl (C=O) groups excluding carboxylic acids is 2. The predicted molar refractivity (Wildman–Crippen MR) is 228 cm³/mol. The number of anilines is 1. The van der Waals surface area contributed by atoms with E-state index in [1.54, 1.807) is 25.0 Å². The zero-order chi connectivity index (χ0) is 39.2. The molecule has 0 fully saturated rings. The normalized spacial score (nSPS) is 15.5. The minimum Gasteiger partial charge on any atom is -0.492 e. The Balaban J connectivity index is 0.00000696. The first-order valence-corrected chi connectivity index (χ1v) is 20.0. The minimum absolute atomic E-state index is 0. The average Bonchev–Trinajstić information content (AvgIpc) is 3.26. The second kappa shape index (κ2) is 22.0. The molecule has 4 aromatic carbocycles. The number of benzene rings is 4. The van der Waals surface area contributed by atoms with Gasteiger partial charge in [0, 0.05) is 34.9 Å². The van der Waals surface area contributed by atoms with Gasteiger partial charge < -0.3 is 28.7 Å². The molecule has 4 aromatic rings. The first kappa shape index (κ1) is 44.6. The Bertz CT molecular complexity index is 1770. The second-order valence-electron chi connectivity index (χ2n) is 15.3. The first-order chi connectivity index (χ1) is 26.6. The number of fused-ring (bicyclic) bond motifs is 1. The molecule has 1 amide bonds. The van der Waals surface area contributed by atoms with Gasteiger partial charge in [-0.2, -0.15) is 0 Å². The van der Waals surface area contributed by atoms with Gasteiger partial charge in [0.05, 0.1) is 26.7 Å². The summed E-state index contributed by atoms with van der Waals surface area (Å²) in [6, 6.07) is 32.5. The highest BCUT2D eigenvalue weighted by Gasteiger charge is 2.40. The third kappa shape index (κ3) is 13.0. The molecule has 8 nitrogen and oxygen atoms in total. The number of methoxy groups -OCH3 is 1. The topological polar surface area (TPSA) is 77.5 Å². The van der Waals surface area contributed by atoms with E-state index in [1.807, 2.05) is 30.3 Å². The van der Waals surface area contributed by atoms with Crippen molar-refractivity contribution < 1.29 is 28.5 Å². The molecule has 0 saturated heterocycles. The molecule has 0 N–H and O–H groups in total. The molecule has 5 rings (SSSR count). The summed E-state index contributed by atoms with van der Waals surface area (Å²) in [7, 11) is 1.61. The SMILES string of the molecule is CCOC(=O)C[C@H]1O[C@H](c2cccc(OCCCN(CCCc3ccccc3)CCCc3ccccc3)c2OC)c2cc(Cl)ccc2N(CC(C)(C)C)C1=O.Cl. The van der Waals surface area contributed by atoms with Gasteiger partial charge >= 0.3 is 5.97 Å². The van der Waals surface area contributed by atoms with Crippen LogP contribution in [0.2, 0.25) is 5.02 Å². The van der Waals surface area contributed by atoms with E-state index in [0.29, 0.717) is 46.5 Å². The maximum atomic E-state index is 14.2. The first-order valence-electron chi connectivity index (χ1n) is 19.6. The molecular weight excluding hydrogens is 747 g/mol. The molecule has 0 aliphatic carbocycles. The van der Waals surface area contributed by atoms with E-state index >= 15 is 0 Å². The number of aryl methyl sites for hydroxylation is 2. The fraction of sp³-hybridized carbons (Fsp3) is 0.435. The summed E-state index contributed by atoms with van der Waals surface area (Å²) >= 11 is 6.61. The molecule has 1 aliphatic rings. The molecule has 1 heterocycles. The number of rotatable bonds is 19. The third-order valence-corrected chi connectivity index (χ3v) is 9.87. The van der Waals surface area contributed by atoms with Gasteiger partial charge in [0.2, 0.25) is 0 Å². The van der Waals surface area contributed by atoms with Gasteiger partial charge in [0.1, 0.15) is 12.2 Å². The highest BCUT2D eigenvalue weighted by molar-refractivity contribution is 6.30. The molecule has 302 valence electrons. The van der Waals surface area contributed by atoms with Gasteiger partial charge in [-0.1, -0.05) is 105 Å². The molecule has 0 saturated carbocycles. The Labute approximate surface area is 344 Å². The summed E-state index contributed by atoms with van der Waals surface area (Å²) in [5.41, 5.74) is 4.53. The molecule has 0 unspecified atom stereocenters. The van der Waals surface area contributed by atoms with Crippen molar-refractivity contribution in [2.45, 2.75) is 78.4 Å². The number of hydrogen-bond acceptors (Lipinski definition) is 7. The maximum absolute atomic E-state index is 14.2. The summed E-state index contributed by atoms with van der Waals surface area (Å²) in [6.07, 6.45) is 3.00. The Morgan fingerprint density at radius 3 is 2.05 bits per heavy atom. The van der Waals surface area contributed by atoms with Gasteiger partial charge in [-0.15, -0.1) is 12.4 Å². The van der Waals surface area contributed by atoms with Crippen LogP contribution in [-0.2, 0) is 31.9 Å². The van der Waals surface area contributed by atoms with Crippen molar-refractivity contribution in [3.63, 3.8) is 0 Å². The van der Waals surface area contributed by atoms with Crippen molar-refractivity contribution >= 4 is 41.6 Å². The van der Waals surface area contributed by atoms with Crippen molar-refractivity contribution in [1.29, 1.82) is 0 Å². The van der Waals surface area contributed by atoms with E-state index in [-0.39, 0.29) is 36.8 Å². The lowest BCUT2D eigenvalue weighted by Gasteiger charge is -2.31. The van der Waals surface area contributed by atoms with Crippen molar-refractivity contribution in [2.24, 2.45) is 5.41 Å². The number of para-hydroxylation sites is 1. The van der Waals surface area contributed by atoms with Crippen LogP contribution in [0.15, 0.2) is 97.1 Å². The number of nitrogens with zero attached hydrogens (tertiary/aromatic N) is 2.